The fourth-order valence-electron chi connectivity index (χ4n) is 2.14. The maximum Gasteiger partial charge on any atom is 0.420 e. The van der Waals surface area contributed by atoms with Crippen molar-refractivity contribution in [2.75, 3.05) is 5.73 Å². The predicted molar refractivity (Wildman–Crippen MR) is 80.2 cm³/mol. The Kier molecular flexibility index (Phi) is 3.16. The van der Waals surface area contributed by atoms with E-state index < -0.39 is 5.76 Å². The van der Waals surface area contributed by atoms with Gasteiger partial charge in [-0.2, -0.15) is 5.26 Å². The van der Waals surface area contributed by atoms with Crippen LogP contribution in [0.1, 0.15) is 11.1 Å². The van der Waals surface area contributed by atoms with Crippen LogP contribution in [0.15, 0.2) is 45.6 Å². The van der Waals surface area contributed by atoms with E-state index >= 15 is 0 Å². The van der Waals surface area contributed by atoms with Gasteiger partial charge in [0.15, 0.2) is 5.58 Å². The van der Waals surface area contributed by atoms with Gasteiger partial charge in [0, 0.05) is 10.7 Å². The molecule has 5 nitrogen and oxygen atoms in total. The Morgan fingerprint density at radius 1 is 1.29 bits per heavy atom. The van der Waals surface area contributed by atoms with Gasteiger partial charge in [-0.1, -0.05) is 17.7 Å². The van der Waals surface area contributed by atoms with E-state index in [2.05, 4.69) is 0 Å². The number of nitrogens with two attached hydrogens (primary N) is 1. The van der Waals surface area contributed by atoms with Crippen molar-refractivity contribution >= 4 is 28.4 Å². The highest BCUT2D eigenvalue weighted by atomic mass is 35.5. The summed E-state index contributed by atoms with van der Waals surface area (Å²) >= 11 is 6.14. The third kappa shape index (κ3) is 2.37. The van der Waals surface area contributed by atoms with Crippen LogP contribution in [0.3, 0.4) is 0 Å². The van der Waals surface area contributed by atoms with Gasteiger partial charge in [0.25, 0.3) is 0 Å². The van der Waals surface area contributed by atoms with E-state index in [9.17, 15) is 4.79 Å². The molecule has 0 aliphatic heterocycles. The SMILES string of the molecule is N#Cc1ccc(Cn2c(=O)oc3ccc(N)cc32)c(Cl)c1. The Balaban J connectivity index is 2.10. The summed E-state index contributed by atoms with van der Waals surface area (Å²) in [6.45, 7) is 0.250. The molecule has 0 spiro atoms. The zero-order valence-electron chi connectivity index (χ0n) is 10.8. The van der Waals surface area contributed by atoms with Crippen molar-refractivity contribution in [3.05, 3.63) is 63.1 Å². The third-order valence-electron chi connectivity index (χ3n) is 3.20. The Hall–Kier alpha value is -2.71. The summed E-state index contributed by atoms with van der Waals surface area (Å²) in [4.78, 5) is 11.9. The van der Waals surface area contributed by atoms with Crippen molar-refractivity contribution in [3.8, 4) is 6.07 Å². The molecule has 1 aromatic heterocycles. The van der Waals surface area contributed by atoms with Crippen molar-refractivity contribution in [1.82, 2.24) is 4.57 Å². The lowest BCUT2D eigenvalue weighted by Gasteiger charge is -2.05. The fraction of sp³-hybridized carbons (Fsp3) is 0.0667. The molecule has 0 amide bonds. The van der Waals surface area contributed by atoms with E-state index in [0.717, 1.165) is 5.56 Å². The first kappa shape index (κ1) is 13.3. The van der Waals surface area contributed by atoms with E-state index in [1.807, 2.05) is 6.07 Å². The topological polar surface area (TPSA) is 85.0 Å². The van der Waals surface area contributed by atoms with E-state index in [-0.39, 0.29) is 6.54 Å². The molecule has 0 aliphatic rings. The Morgan fingerprint density at radius 3 is 2.81 bits per heavy atom. The van der Waals surface area contributed by atoms with Crippen LogP contribution in [-0.2, 0) is 6.54 Å². The normalized spacial score (nSPS) is 10.7. The molecule has 104 valence electrons. The van der Waals surface area contributed by atoms with Crippen molar-refractivity contribution < 1.29 is 4.42 Å². The molecule has 2 N–H and O–H groups in total. The molecule has 3 rings (SSSR count). The summed E-state index contributed by atoms with van der Waals surface area (Å²) in [5, 5.41) is 9.26. The summed E-state index contributed by atoms with van der Waals surface area (Å²) < 4.78 is 6.62. The number of hydrogen-bond donors (Lipinski definition) is 1. The smallest absolute Gasteiger partial charge is 0.408 e. The van der Waals surface area contributed by atoms with Crippen LogP contribution in [0, 0.1) is 11.3 Å². The summed E-state index contributed by atoms with van der Waals surface area (Å²) in [6, 6.07) is 12.0. The highest BCUT2D eigenvalue weighted by Gasteiger charge is 2.11. The van der Waals surface area contributed by atoms with Gasteiger partial charge in [-0.15, -0.1) is 0 Å². The molecule has 0 aliphatic carbocycles. The first-order valence-electron chi connectivity index (χ1n) is 6.16. The molecule has 0 fully saturated rings. The number of fused-ring (bicyclic) bond motifs is 1. The number of rotatable bonds is 2. The molecular weight excluding hydrogens is 290 g/mol. The lowest BCUT2D eigenvalue weighted by molar-refractivity contribution is 0.518. The van der Waals surface area contributed by atoms with Crippen molar-refractivity contribution in [2.45, 2.75) is 6.54 Å². The molecule has 3 aromatic rings. The van der Waals surface area contributed by atoms with Crippen LogP contribution in [0.4, 0.5) is 5.69 Å². The molecule has 0 radical (unpaired) electrons. The number of hydrogen-bond acceptors (Lipinski definition) is 4. The van der Waals surface area contributed by atoms with E-state index in [4.69, 9.17) is 27.0 Å². The number of oxazole rings is 1. The van der Waals surface area contributed by atoms with Crippen LogP contribution in [0.2, 0.25) is 5.02 Å². The largest absolute Gasteiger partial charge is 0.420 e. The first-order valence-corrected chi connectivity index (χ1v) is 6.53. The van der Waals surface area contributed by atoms with Crippen molar-refractivity contribution in [2.24, 2.45) is 0 Å². The molecule has 0 unspecified atom stereocenters. The molecular formula is C15H10ClN3O2. The standard InChI is InChI=1S/C15H10ClN3O2/c16-12-5-9(7-17)1-2-10(12)8-19-13-6-11(18)3-4-14(13)21-15(19)20/h1-6H,8,18H2. The summed E-state index contributed by atoms with van der Waals surface area (Å²) in [5.74, 6) is -0.476. The second-order valence-corrected chi connectivity index (χ2v) is 5.01. The minimum absolute atomic E-state index is 0.250. The molecule has 0 bridgehead atoms. The summed E-state index contributed by atoms with van der Waals surface area (Å²) in [5.41, 5.74) is 8.57. The number of halogens is 1. The van der Waals surface area contributed by atoms with Gasteiger partial charge in [-0.3, -0.25) is 4.57 Å². The van der Waals surface area contributed by atoms with Crippen molar-refractivity contribution in [1.29, 1.82) is 5.26 Å². The highest BCUT2D eigenvalue weighted by Crippen LogP contribution is 2.21. The number of anilines is 1. The fourth-order valence-corrected chi connectivity index (χ4v) is 2.38. The number of nitriles is 1. The van der Waals surface area contributed by atoms with E-state index in [1.165, 1.54) is 4.57 Å². The third-order valence-corrected chi connectivity index (χ3v) is 3.55. The lowest BCUT2D eigenvalue weighted by atomic mass is 10.1. The minimum atomic E-state index is -0.476. The molecule has 6 heteroatoms. The number of aromatic nitrogens is 1. The van der Waals surface area contributed by atoms with Gasteiger partial charge in [0.2, 0.25) is 0 Å². The van der Waals surface area contributed by atoms with E-state index in [0.29, 0.717) is 27.4 Å². The van der Waals surface area contributed by atoms with Gasteiger partial charge in [0.05, 0.1) is 23.7 Å². The predicted octanol–water partition coefficient (Wildman–Crippen LogP) is 2.75. The quantitative estimate of drug-likeness (QED) is 0.737. The monoisotopic (exact) mass is 299 g/mol. The van der Waals surface area contributed by atoms with Gasteiger partial charge < -0.3 is 10.2 Å². The molecule has 1 heterocycles. The minimum Gasteiger partial charge on any atom is -0.408 e. The lowest BCUT2D eigenvalue weighted by Crippen LogP contribution is -2.15. The maximum atomic E-state index is 11.9. The zero-order chi connectivity index (χ0) is 15.0. The summed E-state index contributed by atoms with van der Waals surface area (Å²) in [6.07, 6.45) is 0. The Labute approximate surface area is 124 Å². The molecule has 0 saturated carbocycles. The van der Waals surface area contributed by atoms with Gasteiger partial charge in [-0.05, 0) is 35.9 Å². The van der Waals surface area contributed by atoms with Crippen LogP contribution in [-0.4, -0.2) is 4.57 Å². The van der Waals surface area contributed by atoms with Crippen LogP contribution in [0.25, 0.3) is 11.1 Å². The molecule has 0 saturated heterocycles. The second kappa shape index (κ2) is 5.00. The van der Waals surface area contributed by atoms with Crippen LogP contribution >= 0.6 is 11.6 Å². The zero-order valence-corrected chi connectivity index (χ0v) is 11.6. The molecule has 21 heavy (non-hydrogen) atoms. The maximum absolute atomic E-state index is 11.9. The van der Waals surface area contributed by atoms with Crippen LogP contribution < -0.4 is 11.5 Å². The van der Waals surface area contributed by atoms with Gasteiger partial charge >= 0.3 is 5.76 Å². The highest BCUT2D eigenvalue weighted by molar-refractivity contribution is 6.31. The number of benzene rings is 2. The second-order valence-electron chi connectivity index (χ2n) is 4.60. The first-order chi connectivity index (χ1) is 10.1. The average Bonchev–Trinajstić information content (AvgIpc) is 2.77. The van der Waals surface area contributed by atoms with Gasteiger partial charge in [-0.25, -0.2) is 4.79 Å². The Bertz CT molecular complexity index is 934. The average molecular weight is 300 g/mol. The molecule has 0 atom stereocenters. The van der Waals surface area contributed by atoms with E-state index in [1.54, 1.807) is 36.4 Å². The Morgan fingerprint density at radius 2 is 2.10 bits per heavy atom. The van der Waals surface area contributed by atoms with Crippen molar-refractivity contribution in [3.63, 3.8) is 0 Å². The summed E-state index contributed by atoms with van der Waals surface area (Å²) in [7, 11) is 0. The molecule has 2 aromatic carbocycles. The van der Waals surface area contributed by atoms with Crippen LogP contribution in [0.5, 0.6) is 0 Å². The van der Waals surface area contributed by atoms with Gasteiger partial charge in [0.1, 0.15) is 0 Å². The number of nitrogen functional groups attached to an aromatic ring is 1. The number of nitrogens with zero attached hydrogens (tertiary/aromatic N) is 2.